The number of aliphatic imine (C=N–C) groups is 1. The summed E-state index contributed by atoms with van der Waals surface area (Å²) in [5, 5.41) is 6.40. The highest BCUT2D eigenvalue weighted by atomic mass is 127. The van der Waals surface area contributed by atoms with E-state index < -0.39 is 0 Å². The van der Waals surface area contributed by atoms with Gasteiger partial charge in [0.15, 0.2) is 5.96 Å². The first-order valence-electron chi connectivity index (χ1n) is 10.2. The maximum absolute atomic E-state index is 13.0. The molecular formula is C23H28FIN4O. The third kappa shape index (κ3) is 5.11. The van der Waals surface area contributed by atoms with Crippen molar-refractivity contribution in [1.29, 1.82) is 0 Å². The minimum Gasteiger partial charge on any atom is -0.350 e. The van der Waals surface area contributed by atoms with Gasteiger partial charge in [-0.1, -0.05) is 19.1 Å². The summed E-state index contributed by atoms with van der Waals surface area (Å²) in [7, 11) is 0. The largest absolute Gasteiger partial charge is 0.350 e. The molecule has 3 atom stereocenters. The molecule has 0 radical (unpaired) electrons. The van der Waals surface area contributed by atoms with Gasteiger partial charge in [0.05, 0.1) is 18.6 Å². The van der Waals surface area contributed by atoms with Crippen LogP contribution in [0, 0.1) is 11.7 Å². The normalized spacial score (nSPS) is 21.2. The van der Waals surface area contributed by atoms with E-state index in [1.165, 1.54) is 37.1 Å². The summed E-state index contributed by atoms with van der Waals surface area (Å²) < 4.78 is 13.0. The lowest BCUT2D eigenvalue weighted by Crippen LogP contribution is -2.48. The van der Waals surface area contributed by atoms with E-state index >= 15 is 0 Å². The molecule has 0 saturated carbocycles. The van der Waals surface area contributed by atoms with E-state index in [0.717, 1.165) is 24.6 Å². The van der Waals surface area contributed by atoms with Crippen LogP contribution in [0.1, 0.15) is 48.7 Å². The van der Waals surface area contributed by atoms with Crippen LogP contribution in [-0.2, 0) is 0 Å². The summed E-state index contributed by atoms with van der Waals surface area (Å²) in [4.78, 5) is 19.4. The highest BCUT2D eigenvalue weighted by Gasteiger charge is 2.33. The lowest BCUT2D eigenvalue weighted by atomic mass is 9.95. The van der Waals surface area contributed by atoms with Crippen molar-refractivity contribution in [2.45, 2.75) is 38.8 Å². The lowest BCUT2D eigenvalue weighted by molar-refractivity contribution is 0.102. The number of hydrogen-bond donors (Lipinski definition) is 2. The second-order valence-corrected chi connectivity index (χ2v) is 8.10. The molecule has 1 fully saturated rings. The number of amides is 1. The number of piperidine rings is 1. The third-order valence-electron chi connectivity index (χ3n) is 5.79. The maximum Gasteiger partial charge on any atom is 0.255 e. The zero-order chi connectivity index (χ0) is 20.4. The van der Waals surface area contributed by atoms with Crippen LogP contribution in [0.15, 0.2) is 53.5 Å². The fourth-order valence-corrected chi connectivity index (χ4v) is 4.01. The molecule has 2 aromatic rings. The van der Waals surface area contributed by atoms with E-state index in [4.69, 9.17) is 4.99 Å². The first kappa shape index (κ1) is 22.5. The smallest absolute Gasteiger partial charge is 0.255 e. The quantitative estimate of drug-likeness (QED) is 0.567. The Kier molecular flexibility index (Phi) is 7.33. The van der Waals surface area contributed by atoms with E-state index in [1.807, 2.05) is 24.3 Å². The van der Waals surface area contributed by atoms with Crippen LogP contribution in [-0.4, -0.2) is 35.9 Å². The van der Waals surface area contributed by atoms with Crippen molar-refractivity contribution < 1.29 is 9.18 Å². The Bertz CT molecular complexity index is 900. The van der Waals surface area contributed by atoms with Crippen LogP contribution >= 0.6 is 24.0 Å². The Hall–Kier alpha value is -2.16. The summed E-state index contributed by atoms with van der Waals surface area (Å²) in [5.74, 6) is 1.09. The number of carbonyl (C=O) groups is 1. The molecule has 1 saturated heterocycles. The van der Waals surface area contributed by atoms with E-state index in [-0.39, 0.29) is 41.7 Å². The third-order valence-corrected chi connectivity index (χ3v) is 5.79. The van der Waals surface area contributed by atoms with E-state index in [1.54, 1.807) is 0 Å². The minimum absolute atomic E-state index is 0. The molecule has 3 unspecified atom stereocenters. The molecule has 160 valence electrons. The van der Waals surface area contributed by atoms with Crippen LogP contribution in [0.5, 0.6) is 0 Å². The molecular weight excluding hydrogens is 494 g/mol. The molecule has 2 aromatic carbocycles. The Labute approximate surface area is 194 Å². The molecule has 30 heavy (non-hydrogen) atoms. The SMILES string of the molecule is CC1CCC2CN=C(NC(C)c3ccc(NC(=O)c4ccc(F)cc4)cc3)N2C1.I. The van der Waals surface area contributed by atoms with Crippen molar-refractivity contribution in [3.63, 3.8) is 0 Å². The predicted molar refractivity (Wildman–Crippen MR) is 129 cm³/mol. The van der Waals surface area contributed by atoms with Gasteiger partial charge in [0, 0.05) is 17.8 Å². The summed E-state index contributed by atoms with van der Waals surface area (Å²) in [6.45, 7) is 6.37. The minimum atomic E-state index is -0.357. The molecule has 4 rings (SSSR count). The molecule has 2 aliphatic rings. The molecule has 2 N–H and O–H groups in total. The highest BCUT2D eigenvalue weighted by Crippen LogP contribution is 2.26. The van der Waals surface area contributed by atoms with Crippen molar-refractivity contribution in [2.24, 2.45) is 10.9 Å². The lowest BCUT2D eigenvalue weighted by Gasteiger charge is -2.36. The number of nitrogens with zero attached hydrogens (tertiary/aromatic N) is 2. The number of carbonyl (C=O) groups excluding carboxylic acids is 1. The number of guanidine groups is 1. The van der Waals surface area contributed by atoms with Gasteiger partial charge in [-0.3, -0.25) is 9.79 Å². The molecule has 0 aliphatic carbocycles. The van der Waals surface area contributed by atoms with Crippen molar-refractivity contribution in [1.82, 2.24) is 10.2 Å². The summed E-state index contributed by atoms with van der Waals surface area (Å²) in [6.07, 6.45) is 2.50. The van der Waals surface area contributed by atoms with Gasteiger partial charge in [-0.2, -0.15) is 0 Å². The summed E-state index contributed by atoms with van der Waals surface area (Å²) in [6, 6.07) is 14.0. The number of anilines is 1. The van der Waals surface area contributed by atoms with Gasteiger partial charge in [0.1, 0.15) is 5.82 Å². The molecule has 2 aliphatic heterocycles. The number of nitrogens with one attached hydrogen (secondary N) is 2. The molecule has 5 nitrogen and oxygen atoms in total. The Morgan fingerprint density at radius 3 is 2.53 bits per heavy atom. The molecule has 1 amide bonds. The first-order valence-corrected chi connectivity index (χ1v) is 10.2. The van der Waals surface area contributed by atoms with Crippen molar-refractivity contribution in [2.75, 3.05) is 18.4 Å². The number of fused-ring (bicyclic) bond motifs is 1. The van der Waals surface area contributed by atoms with Gasteiger partial charge in [-0.15, -0.1) is 24.0 Å². The standard InChI is InChI=1S/C23H27FN4O.HI/c1-15-3-12-21-13-25-23(28(21)14-15)26-16(2)17-6-10-20(11-7-17)27-22(29)18-4-8-19(24)9-5-18;/h4-11,15-16,21H,3,12-14H2,1-2H3,(H,25,26)(H,27,29);1H. The average molecular weight is 522 g/mol. The van der Waals surface area contributed by atoms with Gasteiger partial charge in [0.2, 0.25) is 0 Å². The van der Waals surface area contributed by atoms with Crippen LogP contribution < -0.4 is 10.6 Å². The Balaban J connectivity index is 0.00000256. The second-order valence-electron chi connectivity index (χ2n) is 8.10. The number of rotatable bonds is 4. The fourth-order valence-electron chi connectivity index (χ4n) is 4.01. The highest BCUT2D eigenvalue weighted by molar-refractivity contribution is 14.0. The van der Waals surface area contributed by atoms with Crippen LogP contribution in [0.2, 0.25) is 0 Å². The van der Waals surface area contributed by atoms with Gasteiger partial charge < -0.3 is 15.5 Å². The van der Waals surface area contributed by atoms with Crippen LogP contribution in [0.4, 0.5) is 10.1 Å². The van der Waals surface area contributed by atoms with Crippen molar-refractivity contribution in [3.05, 3.63) is 65.5 Å². The van der Waals surface area contributed by atoms with Crippen LogP contribution in [0.25, 0.3) is 0 Å². The monoisotopic (exact) mass is 522 g/mol. The molecule has 2 heterocycles. The molecule has 0 bridgehead atoms. The summed E-state index contributed by atoms with van der Waals surface area (Å²) >= 11 is 0. The fraction of sp³-hybridized carbons (Fsp3) is 0.391. The number of hydrogen-bond acceptors (Lipinski definition) is 4. The van der Waals surface area contributed by atoms with E-state index in [2.05, 4.69) is 29.4 Å². The zero-order valence-electron chi connectivity index (χ0n) is 17.3. The van der Waals surface area contributed by atoms with E-state index in [0.29, 0.717) is 23.2 Å². The summed E-state index contributed by atoms with van der Waals surface area (Å²) in [5.41, 5.74) is 2.26. The molecule has 0 aromatic heterocycles. The first-order chi connectivity index (χ1) is 14.0. The number of benzene rings is 2. The molecule has 7 heteroatoms. The van der Waals surface area contributed by atoms with Crippen molar-refractivity contribution in [3.8, 4) is 0 Å². The molecule has 0 spiro atoms. The second kappa shape index (κ2) is 9.76. The average Bonchev–Trinajstić information content (AvgIpc) is 3.11. The topological polar surface area (TPSA) is 56.7 Å². The van der Waals surface area contributed by atoms with Gasteiger partial charge in [0.25, 0.3) is 5.91 Å². The number of halogens is 2. The van der Waals surface area contributed by atoms with Gasteiger partial charge in [-0.05, 0) is 67.6 Å². The zero-order valence-corrected chi connectivity index (χ0v) is 19.6. The Morgan fingerprint density at radius 2 is 1.83 bits per heavy atom. The van der Waals surface area contributed by atoms with Gasteiger partial charge >= 0.3 is 0 Å². The van der Waals surface area contributed by atoms with Crippen molar-refractivity contribution >= 4 is 41.5 Å². The van der Waals surface area contributed by atoms with Gasteiger partial charge in [-0.25, -0.2) is 4.39 Å². The van der Waals surface area contributed by atoms with Crippen LogP contribution in [0.3, 0.4) is 0 Å². The predicted octanol–water partition coefficient (Wildman–Crippen LogP) is 4.82. The van der Waals surface area contributed by atoms with E-state index in [9.17, 15) is 9.18 Å². The maximum atomic E-state index is 13.0. The Morgan fingerprint density at radius 1 is 1.13 bits per heavy atom.